The molecule has 1 saturated heterocycles. The smallest absolute Gasteiger partial charge is 0.189 e. The summed E-state index contributed by atoms with van der Waals surface area (Å²) >= 11 is 5.55. The first-order valence-electron chi connectivity index (χ1n) is 4.60. The maximum Gasteiger partial charge on any atom is 0.189 e. The Balaban J connectivity index is 2.80. The van der Waals surface area contributed by atoms with Crippen LogP contribution in [0.3, 0.4) is 0 Å². The Morgan fingerprint density at radius 1 is 0.857 bits per heavy atom. The van der Waals surface area contributed by atoms with E-state index in [1.165, 1.54) is 0 Å². The summed E-state index contributed by atoms with van der Waals surface area (Å²) in [6.45, 7) is 2.23. The third-order valence-electron chi connectivity index (χ3n) is 2.26. The second-order valence-electron chi connectivity index (χ2n) is 5.03. The fraction of sp³-hybridized carbons (Fsp3) is 0.889. The zero-order valence-corrected chi connectivity index (χ0v) is 12.5. The van der Waals surface area contributed by atoms with Crippen LogP contribution in [0, 0.1) is 0 Å². The fourth-order valence-corrected chi connectivity index (χ4v) is 5.48. The van der Waals surface area contributed by atoms with Crippen LogP contribution >= 0.6 is 32.6 Å². The van der Waals surface area contributed by atoms with Crippen LogP contribution in [-0.2, 0) is 0 Å². The van der Waals surface area contributed by atoms with E-state index < -0.39 is 20.4 Å². The summed E-state index contributed by atoms with van der Waals surface area (Å²) in [6.07, 6.45) is 13.8. The maximum atomic E-state index is 5.55. The molecule has 0 N–H and O–H groups in total. The largest absolute Gasteiger partial charge is 0.310 e. The molecular formula is C9H22N2S3. The molecule has 0 saturated carbocycles. The van der Waals surface area contributed by atoms with Gasteiger partial charge in [-0.3, -0.25) is 0 Å². The second kappa shape index (κ2) is 3.76. The Kier molecular flexibility index (Phi) is 3.34. The van der Waals surface area contributed by atoms with Crippen molar-refractivity contribution in [2.24, 2.45) is 0 Å². The molecule has 0 unspecified atom stereocenters. The van der Waals surface area contributed by atoms with Gasteiger partial charge in [0.1, 0.15) is 0 Å². The van der Waals surface area contributed by atoms with Gasteiger partial charge in [-0.2, -0.15) is 20.4 Å². The Hall–Kier alpha value is 0.390. The summed E-state index contributed by atoms with van der Waals surface area (Å²) in [5.41, 5.74) is 0. The lowest BCUT2D eigenvalue weighted by molar-refractivity contribution is 0.703. The molecule has 0 spiro atoms. The molecule has 0 amide bonds. The first-order chi connectivity index (χ1) is 6.14. The minimum absolute atomic E-state index is 0.681. The van der Waals surface area contributed by atoms with Crippen LogP contribution in [0.1, 0.15) is 0 Å². The number of rotatable bonds is 2. The minimum atomic E-state index is -0.681. The summed E-state index contributed by atoms with van der Waals surface area (Å²) in [4.78, 5) is 0. The highest BCUT2D eigenvalue weighted by atomic mass is 32.3. The van der Waals surface area contributed by atoms with Gasteiger partial charge in [0.2, 0.25) is 0 Å². The zero-order chi connectivity index (χ0) is 11.1. The van der Waals surface area contributed by atoms with Gasteiger partial charge in [0.05, 0.1) is 0 Å². The lowest BCUT2D eigenvalue weighted by Crippen LogP contribution is -2.33. The first kappa shape index (κ1) is 12.5. The van der Waals surface area contributed by atoms with Crippen LogP contribution < -0.4 is 0 Å². The van der Waals surface area contributed by atoms with Crippen molar-refractivity contribution in [2.75, 3.05) is 50.6 Å². The summed E-state index contributed by atoms with van der Waals surface area (Å²) < 4.78 is 4.83. The number of hydrogen-bond donors (Lipinski definition) is 0. The summed E-state index contributed by atoms with van der Waals surface area (Å²) in [5, 5.41) is 1.08. The summed E-state index contributed by atoms with van der Waals surface area (Å²) in [7, 11) is -1.36. The topological polar surface area (TPSA) is 6.48 Å². The molecule has 0 radical (unpaired) electrons. The van der Waals surface area contributed by atoms with Crippen LogP contribution in [0.5, 0.6) is 0 Å². The molecule has 1 aliphatic heterocycles. The van der Waals surface area contributed by atoms with E-state index in [0.717, 1.165) is 18.2 Å². The van der Waals surface area contributed by atoms with Gasteiger partial charge in [-0.1, -0.05) is 0 Å². The van der Waals surface area contributed by atoms with E-state index >= 15 is 0 Å². The molecule has 1 rings (SSSR count). The van der Waals surface area contributed by atoms with E-state index in [9.17, 15) is 0 Å². The summed E-state index contributed by atoms with van der Waals surface area (Å²) in [6, 6.07) is 0. The Morgan fingerprint density at radius 2 is 1.14 bits per heavy atom. The van der Waals surface area contributed by atoms with E-state index in [1.54, 1.807) is 0 Å². The second-order valence-corrected chi connectivity index (χ2v) is 13.4. The third-order valence-corrected chi connectivity index (χ3v) is 6.28. The van der Waals surface area contributed by atoms with Crippen molar-refractivity contribution in [3.05, 3.63) is 0 Å². The van der Waals surface area contributed by atoms with Crippen molar-refractivity contribution in [3.8, 4) is 0 Å². The van der Waals surface area contributed by atoms with E-state index in [1.807, 2.05) is 0 Å². The Labute approximate surface area is 96.9 Å². The van der Waals surface area contributed by atoms with Gasteiger partial charge >= 0.3 is 0 Å². The van der Waals surface area contributed by atoms with Crippen LogP contribution in [0.2, 0.25) is 0 Å². The van der Waals surface area contributed by atoms with Crippen molar-refractivity contribution in [3.63, 3.8) is 0 Å². The quantitative estimate of drug-likeness (QED) is 0.697. The highest BCUT2D eigenvalue weighted by Crippen LogP contribution is 2.49. The lowest BCUT2D eigenvalue weighted by Gasteiger charge is -2.42. The van der Waals surface area contributed by atoms with Crippen LogP contribution in [0.25, 0.3) is 0 Å². The van der Waals surface area contributed by atoms with E-state index in [2.05, 4.69) is 46.1 Å². The van der Waals surface area contributed by atoms with Crippen LogP contribution in [0.15, 0.2) is 0 Å². The van der Waals surface area contributed by atoms with Crippen LogP contribution in [0.4, 0.5) is 0 Å². The molecular weight excluding hydrogens is 232 g/mol. The van der Waals surface area contributed by atoms with Crippen molar-refractivity contribution < 1.29 is 0 Å². The fourth-order valence-electron chi connectivity index (χ4n) is 1.51. The highest BCUT2D eigenvalue weighted by Gasteiger charge is 2.34. The van der Waals surface area contributed by atoms with Crippen molar-refractivity contribution >= 4 is 37.8 Å². The predicted molar refractivity (Wildman–Crippen MR) is 76.7 cm³/mol. The number of thiocarbonyl (C=S) groups is 1. The molecule has 0 atom stereocenters. The van der Waals surface area contributed by atoms with Crippen molar-refractivity contribution in [2.45, 2.75) is 0 Å². The normalized spacial score (nSPS) is 21.7. The van der Waals surface area contributed by atoms with Gasteiger partial charge in [-0.15, -0.1) is 0 Å². The molecule has 1 aliphatic rings. The van der Waals surface area contributed by atoms with Crippen LogP contribution in [-0.4, -0.2) is 64.3 Å². The molecule has 86 valence electrons. The molecule has 2 nitrogen and oxygen atoms in total. The Morgan fingerprint density at radius 3 is 1.29 bits per heavy atom. The third kappa shape index (κ3) is 2.49. The van der Waals surface area contributed by atoms with Gasteiger partial charge in [-0.05, 0) is 49.8 Å². The molecule has 1 fully saturated rings. The predicted octanol–water partition coefficient (Wildman–Crippen LogP) is 2.11. The van der Waals surface area contributed by atoms with Crippen molar-refractivity contribution in [1.29, 1.82) is 0 Å². The molecule has 0 aromatic carbocycles. The minimum Gasteiger partial charge on any atom is -0.310 e. The Bertz CT molecular complexity index is 215. The van der Waals surface area contributed by atoms with Gasteiger partial charge in [-0.25, -0.2) is 0 Å². The van der Waals surface area contributed by atoms with E-state index in [0.29, 0.717) is 0 Å². The average molecular weight is 254 g/mol. The monoisotopic (exact) mass is 254 g/mol. The maximum absolute atomic E-state index is 5.55. The SMILES string of the molecule is CS(C)(C)N1CCN(S(C)(C)C)C1=S. The number of nitrogens with zero attached hydrogens (tertiary/aromatic N) is 2. The number of hydrogen-bond acceptors (Lipinski definition) is 1. The van der Waals surface area contributed by atoms with Gasteiger partial charge in [0.25, 0.3) is 0 Å². The van der Waals surface area contributed by atoms with E-state index in [-0.39, 0.29) is 0 Å². The van der Waals surface area contributed by atoms with Gasteiger partial charge in [0.15, 0.2) is 5.11 Å². The molecule has 1 heterocycles. The molecule has 0 aliphatic carbocycles. The standard InChI is InChI=1S/C9H22N2S3/c1-13(2,3)10-7-8-11(9(10)12)14(4,5)6/h7-8H2,1-6H3. The van der Waals surface area contributed by atoms with Gasteiger partial charge < -0.3 is 8.61 Å². The lowest BCUT2D eigenvalue weighted by atomic mass is 10.7. The molecule has 0 bridgehead atoms. The zero-order valence-electron chi connectivity index (χ0n) is 10.0. The van der Waals surface area contributed by atoms with E-state index in [4.69, 9.17) is 12.2 Å². The first-order valence-corrected chi connectivity index (χ1v) is 10.6. The summed E-state index contributed by atoms with van der Waals surface area (Å²) in [5.74, 6) is 0. The van der Waals surface area contributed by atoms with Crippen molar-refractivity contribution in [1.82, 2.24) is 8.61 Å². The molecule has 14 heavy (non-hydrogen) atoms. The highest BCUT2D eigenvalue weighted by molar-refractivity contribution is 8.32. The molecule has 5 heteroatoms. The molecule has 0 aromatic heterocycles. The van der Waals surface area contributed by atoms with Gasteiger partial charge in [0, 0.05) is 13.1 Å². The average Bonchev–Trinajstić information content (AvgIpc) is 2.26. The molecule has 0 aromatic rings.